The Bertz CT molecular complexity index is 660. The number of ether oxygens (including phenoxy) is 1. The summed E-state index contributed by atoms with van der Waals surface area (Å²) in [6, 6.07) is 9.82. The van der Waals surface area contributed by atoms with Gasteiger partial charge in [0.1, 0.15) is 17.7 Å². The molecular formula is C16H14N2O4. The lowest BCUT2D eigenvalue weighted by Gasteiger charge is -2.08. The van der Waals surface area contributed by atoms with Crippen LogP contribution < -0.4 is 0 Å². The summed E-state index contributed by atoms with van der Waals surface area (Å²) in [5.41, 5.74) is 0.758. The molecule has 0 aliphatic rings. The van der Waals surface area contributed by atoms with Crippen LogP contribution in [-0.2, 0) is 20.7 Å². The van der Waals surface area contributed by atoms with Crippen molar-refractivity contribution in [3.8, 4) is 12.1 Å². The van der Waals surface area contributed by atoms with Gasteiger partial charge < -0.3 is 9.84 Å². The predicted molar refractivity (Wildman–Crippen MR) is 77.2 cm³/mol. The largest absolute Gasteiger partial charge is 0.481 e. The van der Waals surface area contributed by atoms with Gasteiger partial charge in [0.2, 0.25) is 0 Å². The number of nitrogens with zero attached hydrogens (tertiary/aromatic N) is 2. The highest BCUT2D eigenvalue weighted by atomic mass is 16.5. The molecule has 1 N–H and O–H groups in total. The van der Waals surface area contributed by atoms with Crippen molar-refractivity contribution in [2.45, 2.75) is 19.8 Å². The minimum absolute atomic E-state index is 0.00155. The highest BCUT2D eigenvalue weighted by Gasteiger charge is 2.19. The molecule has 112 valence electrons. The van der Waals surface area contributed by atoms with Gasteiger partial charge in [-0.15, -0.1) is 0 Å². The number of carboxylic acid groups (broad SMARTS) is 1. The van der Waals surface area contributed by atoms with Gasteiger partial charge in [-0.2, -0.15) is 10.5 Å². The molecule has 0 spiro atoms. The minimum atomic E-state index is -0.896. The van der Waals surface area contributed by atoms with Crippen molar-refractivity contribution in [3.63, 3.8) is 0 Å². The van der Waals surface area contributed by atoms with E-state index in [-0.39, 0.29) is 24.2 Å². The molecule has 0 saturated heterocycles. The molecule has 6 heteroatoms. The summed E-state index contributed by atoms with van der Waals surface area (Å²) in [5.74, 6) is -1.63. The molecule has 22 heavy (non-hydrogen) atoms. The Morgan fingerprint density at radius 2 is 1.77 bits per heavy atom. The smallest absolute Gasteiger partial charge is 0.340 e. The molecule has 0 aromatic heterocycles. The fraction of sp³-hybridized carbons (Fsp3) is 0.250. The first-order valence-electron chi connectivity index (χ1n) is 6.56. The van der Waals surface area contributed by atoms with E-state index in [0.717, 1.165) is 5.56 Å². The molecule has 0 aliphatic carbocycles. The SMILES string of the molecule is CCOC(=O)C(=C(C#N)C#N)c1ccc(CCC(=O)O)cc1. The number of allylic oxidation sites excluding steroid dienone is 1. The predicted octanol–water partition coefficient (Wildman–Crippen LogP) is 2.07. The molecule has 1 rings (SSSR count). The Morgan fingerprint density at radius 3 is 2.23 bits per heavy atom. The van der Waals surface area contributed by atoms with Gasteiger partial charge in [-0.3, -0.25) is 4.79 Å². The van der Waals surface area contributed by atoms with Gasteiger partial charge in [0.15, 0.2) is 0 Å². The second-order valence-electron chi connectivity index (χ2n) is 4.28. The third kappa shape index (κ3) is 4.46. The maximum Gasteiger partial charge on any atom is 0.340 e. The molecule has 0 aliphatic heterocycles. The van der Waals surface area contributed by atoms with Crippen LogP contribution in [0.3, 0.4) is 0 Å². The Kier molecular flexibility index (Phi) is 6.33. The maximum atomic E-state index is 11.9. The van der Waals surface area contributed by atoms with Crippen molar-refractivity contribution in [2.24, 2.45) is 0 Å². The van der Waals surface area contributed by atoms with E-state index < -0.39 is 11.9 Å². The highest BCUT2D eigenvalue weighted by molar-refractivity contribution is 6.19. The summed E-state index contributed by atoms with van der Waals surface area (Å²) in [5, 5.41) is 26.6. The fourth-order valence-corrected chi connectivity index (χ4v) is 1.79. The van der Waals surface area contributed by atoms with E-state index in [4.69, 9.17) is 20.4 Å². The number of carbonyl (C=O) groups excluding carboxylic acids is 1. The van der Waals surface area contributed by atoms with Crippen LogP contribution in [0.5, 0.6) is 0 Å². The van der Waals surface area contributed by atoms with Crippen LogP contribution in [0.1, 0.15) is 24.5 Å². The first-order valence-corrected chi connectivity index (χ1v) is 6.56. The van der Waals surface area contributed by atoms with E-state index in [9.17, 15) is 9.59 Å². The summed E-state index contributed by atoms with van der Waals surface area (Å²) in [6.45, 7) is 1.76. The van der Waals surface area contributed by atoms with Crippen molar-refractivity contribution < 1.29 is 19.4 Å². The molecular weight excluding hydrogens is 284 g/mol. The minimum Gasteiger partial charge on any atom is -0.481 e. The number of esters is 1. The molecule has 1 aromatic carbocycles. The van der Waals surface area contributed by atoms with E-state index in [1.165, 1.54) is 0 Å². The van der Waals surface area contributed by atoms with Crippen LogP contribution in [0, 0.1) is 22.7 Å². The van der Waals surface area contributed by atoms with Crippen molar-refractivity contribution in [1.29, 1.82) is 10.5 Å². The van der Waals surface area contributed by atoms with Gasteiger partial charge in [-0.05, 0) is 24.5 Å². The number of carbonyl (C=O) groups is 2. The third-order valence-electron chi connectivity index (χ3n) is 2.82. The van der Waals surface area contributed by atoms with Gasteiger partial charge in [0, 0.05) is 6.42 Å². The van der Waals surface area contributed by atoms with Crippen LogP contribution in [-0.4, -0.2) is 23.7 Å². The number of benzene rings is 1. The Balaban J connectivity index is 3.15. The van der Waals surface area contributed by atoms with Crippen LogP contribution in [0.15, 0.2) is 29.8 Å². The van der Waals surface area contributed by atoms with Crippen LogP contribution in [0.4, 0.5) is 0 Å². The van der Waals surface area contributed by atoms with Gasteiger partial charge in [-0.1, -0.05) is 24.3 Å². The standard InChI is InChI=1S/C16H14N2O4/c1-2-22-16(21)15(13(9-17)10-18)12-6-3-11(4-7-12)5-8-14(19)20/h3-4,6-7H,2,5,8H2,1H3,(H,19,20). The van der Waals surface area contributed by atoms with Gasteiger partial charge in [-0.25, -0.2) is 4.79 Å². The molecule has 0 heterocycles. The third-order valence-corrected chi connectivity index (χ3v) is 2.82. The maximum absolute atomic E-state index is 11.9. The summed E-state index contributed by atoms with van der Waals surface area (Å²) in [7, 11) is 0. The zero-order valence-electron chi connectivity index (χ0n) is 12.0. The number of aryl methyl sites for hydroxylation is 1. The van der Waals surface area contributed by atoms with E-state index >= 15 is 0 Å². The van der Waals surface area contributed by atoms with Gasteiger partial charge >= 0.3 is 11.9 Å². The Labute approximate surface area is 127 Å². The molecule has 6 nitrogen and oxygen atoms in total. The van der Waals surface area contributed by atoms with Crippen LogP contribution in [0.25, 0.3) is 5.57 Å². The Morgan fingerprint density at radius 1 is 1.18 bits per heavy atom. The molecule has 0 unspecified atom stereocenters. The number of carboxylic acids is 1. The second-order valence-corrected chi connectivity index (χ2v) is 4.28. The monoisotopic (exact) mass is 298 g/mol. The van der Waals surface area contributed by atoms with Crippen LogP contribution in [0.2, 0.25) is 0 Å². The molecule has 0 radical (unpaired) electrons. The van der Waals surface area contributed by atoms with E-state index in [1.54, 1.807) is 43.3 Å². The zero-order chi connectivity index (χ0) is 16.5. The molecule has 0 saturated carbocycles. The summed E-state index contributed by atoms with van der Waals surface area (Å²) in [6.07, 6.45) is 0.360. The van der Waals surface area contributed by atoms with Crippen molar-refractivity contribution >= 4 is 17.5 Å². The lowest BCUT2D eigenvalue weighted by molar-refractivity contribution is -0.137. The fourth-order valence-electron chi connectivity index (χ4n) is 1.79. The van der Waals surface area contributed by atoms with Gasteiger partial charge in [0.25, 0.3) is 0 Å². The topological polar surface area (TPSA) is 111 Å². The lowest BCUT2D eigenvalue weighted by atomic mass is 9.98. The number of rotatable bonds is 6. The van der Waals surface area contributed by atoms with E-state index in [2.05, 4.69) is 0 Å². The molecule has 1 aromatic rings. The normalized spacial score (nSPS) is 9.23. The summed E-state index contributed by atoms with van der Waals surface area (Å²) < 4.78 is 4.88. The Hall–Kier alpha value is -3.12. The zero-order valence-corrected chi connectivity index (χ0v) is 12.0. The molecule has 0 fully saturated rings. The van der Waals surface area contributed by atoms with E-state index in [1.807, 2.05) is 0 Å². The molecule has 0 atom stereocenters. The number of hydrogen-bond donors (Lipinski definition) is 1. The van der Waals surface area contributed by atoms with Gasteiger partial charge in [0.05, 0.1) is 12.2 Å². The summed E-state index contributed by atoms with van der Waals surface area (Å²) in [4.78, 5) is 22.5. The molecule has 0 amide bonds. The quantitative estimate of drug-likeness (QED) is 0.489. The first-order chi connectivity index (χ1) is 10.5. The lowest BCUT2D eigenvalue weighted by Crippen LogP contribution is -2.09. The number of aliphatic carboxylic acids is 1. The van der Waals surface area contributed by atoms with E-state index in [0.29, 0.717) is 12.0 Å². The first kappa shape index (κ1) is 16.9. The number of nitriles is 2. The van der Waals surface area contributed by atoms with Crippen molar-refractivity contribution in [3.05, 3.63) is 41.0 Å². The number of hydrogen-bond acceptors (Lipinski definition) is 5. The highest BCUT2D eigenvalue weighted by Crippen LogP contribution is 2.21. The van der Waals surface area contributed by atoms with Crippen LogP contribution >= 0.6 is 0 Å². The average molecular weight is 298 g/mol. The second kappa shape index (κ2) is 8.23. The summed E-state index contributed by atoms with van der Waals surface area (Å²) >= 11 is 0. The van der Waals surface area contributed by atoms with Crippen molar-refractivity contribution in [2.75, 3.05) is 6.61 Å². The molecule has 0 bridgehead atoms. The van der Waals surface area contributed by atoms with Crippen molar-refractivity contribution in [1.82, 2.24) is 0 Å². The average Bonchev–Trinajstić information content (AvgIpc) is 2.51.